The summed E-state index contributed by atoms with van der Waals surface area (Å²) < 4.78 is 2.02. The number of hydrogen-bond donors (Lipinski definition) is 1. The number of aryl methyl sites for hydroxylation is 2. The van der Waals surface area contributed by atoms with E-state index in [4.69, 9.17) is 15.1 Å². The van der Waals surface area contributed by atoms with Crippen LogP contribution in [0.3, 0.4) is 0 Å². The van der Waals surface area contributed by atoms with Crippen LogP contribution in [0.1, 0.15) is 38.8 Å². The van der Waals surface area contributed by atoms with Gasteiger partial charge < -0.3 is 15.1 Å². The summed E-state index contributed by atoms with van der Waals surface area (Å²) in [7, 11) is 4.28. The molecule has 9 heteroatoms. The van der Waals surface area contributed by atoms with Gasteiger partial charge in [-0.05, 0) is 45.8 Å². The Bertz CT molecular complexity index is 977. The Hall–Kier alpha value is -2.81. The second-order valence-corrected chi connectivity index (χ2v) is 7.95. The molecule has 1 aliphatic heterocycles. The molecule has 0 unspecified atom stereocenters. The molecule has 0 amide bonds. The molecule has 0 saturated carbocycles. The zero-order valence-corrected chi connectivity index (χ0v) is 18.3. The van der Waals surface area contributed by atoms with Crippen LogP contribution in [0.25, 0.3) is 11.0 Å². The van der Waals surface area contributed by atoms with Crippen molar-refractivity contribution in [1.29, 1.82) is 0 Å². The predicted octanol–water partition coefficient (Wildman–Crippen LogP) is 2.86. The zero-order chi connectivity index (χ0) is 21.1. The normalized spacial score (nSPS) is 15.6. The molecule has 3 aromatic rings. The van der Waals surface area contributed by atoms with E-state index >= 15 is 0 Å². The summed E-state index contributed by atoms with van der Waals surface area (Å²) in [6.45, 7) is 7.28. The molecule has 1 aliphatic rings. The van der Waals surface area contributed by atoms with Crippen molar-refractivity contribution in [3.63, 3.8) is 0 Å². The maximum atomic E-state index is 4.99. The maximum absolute atomic E-state index is 4.99. The first kappa shape index (κ1) is 20.5. The molecule has 0 radical (unpaired) electrons. The molecule has 4 heterocycles. The molecule has 1 fully saturated rings. The average Bonchev–Trinajstić information content (AvgIpc) is 3.12. The van der Waals surface area contributed by atoms with Gasteiger partial charge in [0.25, 0.3) is 0 Å². The molecule has 9 nitrogen and oxygen atoms in total. The van der Waals surface area contributed by atoms with E-state index in [0.29, 0.717) is 11.9 Å². The second-order valence-electron chi connectivity index (χ2n) is 7.95. The lowest BCUT2D eigenvalue weighted by Crippen LogP contribution is -2.42. The van der Waals surface area contributed by atoms with Crippen molar-refractivity contribution in [1.82, 2.24) is 34.6 Å². The van der Waals surface area contributed by atoms with Crippen LogP contribution in [0.4, 0.5) is 17.6 Å². The van der Waals surface area contributed by atoms with Gasteiger partial charge in [-0.25, -0.2) is 9.97 Å². The summed E-state index contributed by atoms with van der Waals surface area (Å²) in [4.78, 5) is 23.1. The van der Waals surface area contributed by atoms with Crippen molar-refractivity contribution >= 4 is 28.6 Å². The van der Waals surface area contributed by atoms with E-state index in [9.17, 15) is 0 Å². The quantitative estimate of drug-likeness (QED) is 0.637. The number of rotatable bonds is 7. The van der Waals surface area contributed by atoms with E-state index in [1.165, 1.54) is 0 Å². The Morgan fingerprint density at radius 1 is 1.17 bits per heavy atom. The highest BCUT2D eigenvalue weighted by molar-refractivity contribution is 5.90. The van der Waals surface area contributed by atoms with E-state index in [1.807, 2.05) is 4.68 Å². The van der Waals surface area contributed by atoms with Crippen LogP contribution in [0.2, 0.25) is 0 Å². The smallest absolute Gasteiger partial charge is 0.228 e. The van der Waals surface area contributed by atoms with Crippen LogP contribution >= 0.6 is 0 Å². The number of likely N-dealkylation sites (tertiary alicyclic amines) is 1. The first-order valence-electron chi connectivity index (χ1n) is 10.8. The third-order valence-corrected chi connectivity index (χ3v) is 5.78. The molecular weight excluding hydrogens is 378 g/mol. The van der Waals surface area contributed by atoms with Crippen molar-refractivity contribution in [2.45, 2.75) is 52.1 Å². The van der Waals surface area contributed by atoms with Crippen molar-refractivity contribution in [2.24, 2.45) is 0 Å². The number of nitrogens with one attached hydrogen (secondary N) is 1. The van der Waals surface area contributed by atoms with E-state index in [2.05, 4.69) is 53.0 Å². The molecule has 160 valence electrons. The van der Waals surface area contributed by atoms with Gasteiger partial charge in [0, 0.05) is 32.0 Å². The van der Waals surface area contributed by atoms with E-state index in [-0.39, 0.29) is 0 Å². The first-order valence-corrected chi connectivity index (χ1v) is 10.8. The van der Waals surface area contributed by atoms with Crippen LogP contribution in [0.15, 0.2) is 18.6 Å². The molecule has 0 aliphatic carbocycles. The molecule has 0 spiro atoms. The second kappa shape index (κ2) is 8.91. The molecule has 0 atom stereocenters. The van der Waals surface area contributed by atoms with E-state index in [0.717, 1.165) is 73.8 Å². The van der Waals surface area contributed by atoms with Gasteiger partial charge in [-0.15, -0.1) is 0 Å². The Labute approximate surface area is 177 Å². The van der Waals surface area contributed by atoms with Crippen molar-refractivity contribution in [2.75, 3.05) is 37.4 Å². The van der Waals surface area contributed by atoms with Crippen molar-refractivity contribution in [3.8, 4) is 0 Å². The standard InChI is InChI=1S/C21H31N9/c1-5-11-30-19-18(16(6-2)27-30)25-21(29(4)15-7-12-28(3)13-8-15)26-20(19)24-17-14-22-9-10-23-17/h9-10,14-15H,5-8,11-13H2,1-4H3,(H,23,24,25,26). The molecule has 0 bridgehead atoms. The number of piperidine rings is 1. The summed E-state index contributed by atoms with van der Waals surface area (Å²) in [5.74, 6) is 2.12. The lowest BCUT2D eigenvalue weighted by atomic mass is 10.0. The summed E-state index contributed by atoms with van der Waals surface area (Å²) >= 11 is 0. The molecule has 3 aromatic heterocycles. The number of anilines is 3. The molecular formula is C21H31N9. The molecule has 30 heavy (non-hydrogen) atoms. The van der Waals surface area contributed by atoms with Crippen LogP contribution in [-0.2, 0) is 13.0 Å². The average molecular weight is 410 g/mol. The summed E-state index contributed by atoms with van der Waals surface area (Å²) in [5, 5.41) is 8.20. The largest absolute Gasteiger partial charge is 0.341 e. The highest BCUT2D eigenvalue weighted by Crippen LogP contribution is 2.30. The fourth-order valence-electron chi connectivity index (χ4n) is 4.02. The lowest BCUT2D eigenvalue weighted by Gasteiger charge is -2.35. The van der Waals surface area contributed by atoms with E-state index < -0.39 is 0 Å². The number of hydrogen-bond acceptors (Lipinski definition) is 8. The number of fused-ring (bicyclic) bond motifs is 1. The number of aromatic nitrogens is 6. The predicted molar refractivity (Wildman–Crippen MR) is 119 cm³/mol. The Morgan fingerprint density at radius 3 is 2.63 bits per heavy atom. The number of nitrogens with zero attached hydrogens (tertiary/aromatic N) is 8. The van der Waals surface area contributed by atoms with Gasteiger partial charge in [-0.3, -0.25) is 9.67 Å². The van der Waals surface area contributed by atoms with Crippen LogP contribution < -0.4 is 10.2 Å². The van der Waals surface area contributed by atoms with Gasteiger partial charge >= 0.3 is 0 Å². The zero-order valence-electron chi connectivity index (χ0n) is 18.3. The SMILES string of the molecule is CCCn1nc(CC)c2nc(N(C)C3CCN(C)CC3)nc(Nc3cnccn3)c21. The fourth-order valence-corrected chi connectivity index (χ4v) is 4.02. The summed E-state index contributed by atoms with van der Waals surface area (Å²) in [6.07, 6.45) is 9.07. The third-order valence-electron chi connectivity index (χ3n) is 5.78. The molecule has 4 rings (SSSR count). The Kier molecular flexibility index (Phi) is 6.08. The van der Waals surface area contributed by atoms with Crippen molar-refractivity contribution in [3.05, 3.63) is 24.3 Å². The minimum atomic E-state index is 0.429. The fraction of sp³-hybridized carbons (Fsp3) is 0.571. The summed E-state index contributed by atoms with van der Waals surface area (Å²) in [6, 6.07) is 0.429. The van der Waals surface area contributed by atoms with Crippen LogP contribution in [0.5, 0.6) is 0 Å². The summed E-state index contributed by atoms with van der Waals surface area (Å²) in [5.41, 5.74) is 2.85. The highest BCUT2D eigenvalue weighted by Gasteiger charge is 2.25. The molecule has 1 saturated heterocycles. The van der Waals surface area contributed by atoms with Gasteiger partial charge in [0.2, 0.25) is 5.95 Å². The first-order chi connectivity index (χ1) is 14.6. The van der Waals surface area contributed by atoms with E-state index in [1.54, 1.807) is 18.6 Å². The van der Waals surface area contributed by atoms with Gasteiger partial charge in [0.15, 0.2) is 5.82 Å². The van der Waals surface area contributed by atoms with Crippen molar-refractivity contribution < 1.29 is 0 Å². The third kappa shape index (κ3) is 4.07. The minimum Gasteiger partial charge on any atom is -0.341 e. The molecule has 0 aromatic carbocycles. The van der Waals surface area contributed by atoms with Gasteiger partial charge in [0.05, 0.1) is 11.9 Å². The monoisotopic (exact) mass is 409 g/mol. The maximum Gasteiger partial charge on any atom is 0.228 e. The van der Waals surface area contributed by atoms with Gasteiger partial charge in [-0.2, -0.15) is 10.1 Å². The lowest BCUT2D eigenvalue weighted by molar-refractivity contribution is 0.252. The van der Waals surface area contributed by atoms with Crippen LogP contribution in [0, 0.1) is 0 Å². The Balaban J connectivity index is 1.79. The van der Waals surface area contributed by atoms with Gasteiger partial charge in [-0.1, -0.05) is 13.8 Å². The van der Waals surface area contributed by atoms with Gasteiger partial charge in [0.1, 0.15) is 16.9 Å². The highest BCUT2D eigenvalue weighted by atomic mass is 15.3. The molecule has 1 N–H and O–H groups in total. The topological polar surface area (TPSA) is 87.9 Å². The Morgan fingerprint density at radius 2 is 1.97 bits per heavy atom. The van der Waals surface area contributed by atoms with Crippen LogP contribution in [-0.4, -0.2) is 67.8 Å². The minimum absolute atomic E-state index is 0.429.